The highest BCUT2D eigenvalue weighted by molar-refractivity contribution is 5.94. The predicted octanol–water partition coefficient (Wildman–Crippen LogP) is 3.34. The van der Waals surface area contributed by atoms with E-state index >= 15 is 0 Å². The Hall–Kier alpha value is -3.48. The molecule has 146 valence electrons. The lowest BCUT2D eigenvalue weighted by Gasteiger charge is -2.09. The third kappa shape index (κ3) is 4.43. The van der Waals surface area contributed by atoms with Crippen molar-refractivity contribution < 1.29 is 23.5 Å². The molecule has 0 atom stereocenters. The highest BCUT2D eigenvalue weighted by atomic mass is 16.5. The number of carbonyl (C=O) groups excluding carboxylic acids is 1. The van der Waals surface area contributed by atoms with Crippen molar-refractivity contribution in [3.63, 3.8) is 0 Å². The molecule has 0 aliphatic heterocycles. The van der Waals surface area contributed by atoms with Gasteiger partial charge >= 0.3 is 0 Å². The normalized spacial score (nSPS) is 10.4. The first-order valence-electron chi connectivity index (χ1n) is 8.75. The van der Waals surface area contributed by atoms with Gasteiger partial charge in [-0.2, -0.15) is 0 Å². The Kier molecular flexibility index (Phi) is 6.16. The SMILES string of the molecule is COc1cccc(-c2cc(CCNC(=O)c3ccc(OC)c(OC)c3)no2)c1. The molecule has 0 aliphatic rings. The van der Waals surface area contributed by atoms with Crippen LogP contribution in [-0.4, -0.2) is 38.9 Å². The van der Waals surface area contributed by atoms with E-state index in [1.807, 2.05) is 30.3 Å². The molecule has 3 rings (SSSR count). The first-order valence-corrected chi connectivity index (χ1v) is 8.75. The van der Waals surface area contributed by atoms with Gasteiger partial charge in [-0.3, -0.25) is 4.79 Å². The third-order valence-corrected chi connectivity index (χ3v) is 4.23. The van der Waals surface area contributed by atoms with E-state index in [9.17, 15) is 4.79 Å². The van der Waals surface area contributed by atoms with Crippen LogP contribution in [0.5, 0.6) is 17.2 Å². The van der Waals surface area contributed by atoms with Crippen LogP contribution in [0.2, 0.25) is 0 Å². The summed E-state index contributed by atoms with van der Waals surface area (Å²) in [5.74, 6) is 2.29. The van der Waals surface area contributed by atoms with Crippen LogP contribution in [0.15, 0.2) is 53.1 Å². The standard InChI is InChI=1S/C21H22N2O5/c1-25-17-6-4-5-14(11-17)19-13-16(23-28-19)9-10-22-21(24)15-7-8-18(26-2)20(12-15)27-3/h4-8,11-13H,9-10H2,1-3H3,(H,22,24). The molecule has 0 spiro atoms. The summed E-state index contributed by atoms with van der Waals surface area (Å²) in [4.78, 5) is 12.3. The van der Waals surface area contributed by atoms with Crippen molar-refractivity contribution in [2.75, 3.05) is 27.9 Å². The number of nitrogens with one attached hydrogen (secondary N) is 1. The van der Waals surface area contributed by atoms with Gasteiger partial charge in [-0.15, -0.1) is 0 Å². The molecule has 0 fully saturated rings. The van der Waals surface area contributed by atoms with E-state index in [-0.39, 0.29) is 5.91 Å². The fourth-order valence-electron chi connectivity index (χ4n) is 2.73. The van der Waals surface area contributed by atoms with E-state index < -0.39 is 0 Å². The van der Waals surface area contributed by atoms with Gasteiger partial charge in [-0.1, -0.05) is 17.3 Å². The number of rotatable bonds is 8. The number of hydrogen-bond donors (Lipinski definition) is 1. The molecule has 28 heavy (non-hydrogen) atoms. The van der Waals surface area contributed by atoms with Gasteiger partial charge in [0.1, 0.15) is 5.75 Å². The van der Waals surface area contributed by atoms with Gasteiger partial charge in [-0.05, 0) is 30.3 Å². The zero-order valence-electron chi connectivity index (χ0n) is 16.0. The Bertz CT molecular complexity index is 951. The van der Waals surface area contributed by atoms with E-state index in [2.05, 4.69) is 10.5 Å². The highest BCUT2D eigenvalue weighted by Crippen LogP contribution is 2.27. The fourth-order valence-corrected chi connectivity index (χ4v) is 2.73. The van der Waals surface area contributed by atoms with Gasteiger partial charge in [0.2, 0.25) is 0 Å². The maximum Gasteiger partial charge on any atom is 0.251 e. The zero-order valence-corrected chi connectivity index (χ0v) is 16.0. The van der Waals surface area contributed by atoms with Gasteiger partial charge in [-0.25, -0.2) is 0 Å². The van der Waals surface area contributed by atoms with Crippen LogP contribution in [0, 0.1) is 0 Å². The molecular weight excluding hydrogens is 360 g/mol. The van der Waals surface area contributed by atoms with Crippen molar-refractivity contribution in [1.82, 2.24) is 10.5 Å². The summed E-state index contributed by atoms with van der Waals surface area (Å²) in [5.41, 5.74) is 2.13. The van der Waals surface area contributed by atoms with Crippen LogP contribution in [0.1, 0.15) is 16.1 Å². The zero-order chi connectivity index (χ0) is 19.9. The molecule has 1 N–H and O–H groups in total. The molecular formula is C21H22N2O5. The van der Waals surface area contributed by atoms with Gasteiger partial charge in [0.25, 0.3) is 5.91 Å². The van der Waals surface area contributed by atoms with Crippen molar-refractivity contribution in [2.45, 2.75) is 6.42 Å². The summed E-state index contributed by atoms with van der Waals surface area (Å²) in [6, 6.07) is 14.4. The van der Waals surface area contributed by atoms with Crippen molar-refractivity contribution in [3.05, 3.63) is 59.8 Å². The largest absolute Gasteiger partial charge is 0.497 e. The minimum absolute atomic E-state index is 0.197. The number of methoxy groups -OCH3 is 3. The second kappa shape index (κ2) is 8.94. The number of hydrogen-bond acceptors (Lipinski definition) is 6. The molecule has 0 unspecified atom stereocenters. The first-order chi connectivity index (χ1) is 13.6. The van der Waals surface area contributed by atoms with Crippen LogP contribution < -0.4 is 19.5 Å². The van der Waals surface area contributed by atoms with Gasteiger partial charge in [0.05, 0.1) is 27.0 Å². The molecule has 0 bridgehead atoms. The van der Waals surface area contributed by atoms with Gasteiger partial charge in [0, 0.05) is 30.2 Å². The van der Waals surface area contributed by atoms with E-state index in [0.29, 0.717) is 35.8 Å². The lowest BCUT2D eigenvalue weighted by molar-refractivity contribution is 0.0953. The Morgan fingerprint density at radius 1 is 1.00 bits per heavy atom. The molecule has 1 heterocycles. The van der Waals surface area contributed by atoms with E-state index in [0.717, 1.165) is 17.0 Å². The summed E-state index contributed by atoms with van der Waals surface area (Å²) in [7, 11) is 4.70. The highest BCUT2D eigenvalue weighted by Gasteiger charge is 2.12. The van der Waals surface area contributed by atoms with Crippen molar-refractivity contribution in [1.29, 1.82) is 0 Å². The minimum atomic E-state index is -0.197. The van der Waals surface area contributed by atoms with Crippen LogP contribution in [0.4, 0.5) is 0 Å². The fraction of sp³-hybridized carbons (Fsp3) is 0.238. The monoisotopic (exact) mass is 382 g/mol. The number of ether oxygens (including phenoxy) is 3. The molecule has 0 saturated carbocycles. The number of nitrogens with zero attached hydrogens (tertiary/aromatic N) is 1. The Morgan fingerprint density at radius 3 is 2.57 bits per heavy atom. The second-order valence-electron chi connectivity index (χ2n) is 5.99. The number of benzene rings is 2. The van der Waals surface area contributed by atoms with Crippen LogP contribution in [-0.2, 0) is 6.42 Å². The van der Waals surface area contributed by atoms with Gasteiger partial charge < -0.3 is 24.1 Å². The lowest BCUT2D eigenvalue weighted by Crippen LogP contribution is -2.25. The van der Waals surface area contributed by atoms with Crippen molar-refractivity contribution >= 4 is 5.91 Å². The minimum Gasteiger partial charge on any atom is -0.497 e. The summed E-state index contributed by atoms with van der Waals surface area (Å²) in [5, 5.41) is 6.93. The topological polar surface area (TPSA) is 82.8 Å². The van der Waals surface area contributed by atoms with Crippen molar-refractivity contribution in [3.8, 4) is 28.6 Å². The van der Waals surface area contributed by atoms with Crippen LogP contribution in [0.25, 0.3) is 11.3 Å². The molecule has 1 aromatic heterocycles. The molecule has 7 nitrogen and oxygen atoms in total. The number of amides is 1. The van der Waals surface area contributed by atoms with Crippen LogP contribution >= 0.6 is 0 Å². The summed E-state index contributed by atoms with van der Waals surface area (Å²) in [6.07, 6.45) is 0.548. The Labute approximate surface area is 163 Å². The summed E-state index contributed by atoms with van der Waals surface area (Å²) >= 11 is 0. The van der Waals surface area contributed by atoms with Gasteiger partial charge in [0.15, 0.2) is 17.3 Å². The third-order valence-electron chi connectivity index (χ3n) is 4.23. The summed E-state index contributed by atoms with van der Waals surface area (Å²) < 4.78 is 21.0. The predicted molar refractivity (Wildman–Crippen MR) is 104 cm³/mol. The molecule has 1 amide bonds. The number of carbonyl (C=O) groups is 1. The van der Waals surface area contributed by atoms with E-state index in [1.165, 1.54) is 7.11 Å². The van der Waals surface area contributed by atoms with E-state index in [1.54, 1.807) is 32.4 Å². The Morgan fingerprint density at radius 2 is 1.82 bits per heavy atom. The maximum atomic E-state index is 12.3. The second-order valence-corrected chi connectivity index (χ2v) is 5.99. The maximum absolute atomic E-state index is 12.3. The molecule has 0 saturated heterocycles. The quantitative estimate of drug-likeness (QED) is 0.643. The average Bonchev–Trinajstić information content (AvgIpc) is 3.22. The molecule has 0 radical (unpaired) electrons. The lowest BCUT2D eigenvalue weighted by atomic mass is 10.1. The smallest absolute Gasteiger partial charge is 0.251 e. The first kappa shape index (κ1) is 19.3. The molecule has 3 aromatic rings. The van der Waals surface area contributed by atoms with Crippen molar-refractivity contribution in [2.24, 2.45) is 0 Å². The van der Waals surface area contributed by atoms with Crippen LogP contribution in [0.3, 0.4) is 0 Å². The molecule has 0 aliphatic carbocycles. The summed E-state index contributed by atoms with van der Waals surface area (Å²) in [6.45, 7) is 0.428. The molecule has 7 heteroatoms. The number of aromatic nitrogens is 1. The average molecular weight is 382 g/mol. The Balaban J connectivity index is 1.58. The van der Waals surface area contributed by atoms with E-state index in [4.69, 9.17) is 18.7 Å². The molecule has 2 aromatic carbocycles.